The Balaban J connectivity index is 1.06. The van der Waals surface area contributed by atoms with Crippen molar-refractivity contribution in [2.24, 2.45) is 68.0 Å². The second-order valence-electron chi connectivity index (χ2n) is 23.4. The topological polar surface area (TPSA) is 122 Å². The summed E-state index contributed by atoms with van der Waals surface area (Å²) < 4.78 is 6.44. The zero-order valence-corrected chi connectivity index (χ0v) is 38.5. The van der Waals surface area contributed by atoms with Crippen LogP contribution in [-0.4, -0.2) is 53.5 Å². The fraction of sp³-hybridized carbons (Fsp3) is 0.765. The van der Waals surface area contributed by atoms with Crippen molar-refractivity contribution in [2.75, 3.05) is 13.1 Å². The number of fused-ring (bicyclic) bond motifs is 7. The SMILES string of the molecule is Cc1ccc(C(=O)NC(C)(C)CNCC[C@@]23CC[C@]4(C)[C@H](CC[C@@H]5[C@@]6(C)CC[C@H](OC(=O)[C@H]7C[C@@H](C(=O)O)C7(C)C)C(C)(C)[C@@H]6CC[C@]54C)C2=C(C(C)C)C(=O)C3)cc1. The van der Waals surface area contributed by atoms with Crippen molar-refractivity contribution < 1.29 is 29.0 Å². The van der Waals surface area contributed by atoms with Crippen molar-refractivity contribution in [1.29, 1.82) is 0 Å². The molecule has 8 heteroatoms. The molecule has 6 aliphatic carbocycles. The Hall–Kier alpha value is -3.00. The molecule has 0 aromatic heterocycles. The van der Waals surface area contributed by atoms with Gasteiger partial charge in [-0.3, -0.25) is 19.2 Å². The van der Waals surface area contributed by atoms with Crippen LogP contribution in [0.4, 0.5) is 0 Å². The predicted molar refractivity (Wildman–Crippen MR) is 233 cm³/mol. The zero-order valence-electron chi connectivity index (χ0n) is 38.5. The number of allylic oxidation sites excluding steroid dienone is 2. The summed E-state index contributed by atoms with van der Waals surface area (Å²) in [4.78, 5) is 52.7. The quantitative estimate of drug-likeness (QED) is 0.150. The van der Waals surface area contributed by atoms with Crippen LogP contribution in [0.3, 0.4) is 0 Å². The molecule has 5 fully saturated rings. The number of carboxylic acids is 1. The first kappa shape index (κ1) is 44.1. The molecule has 0 bridgehead atoms. The highest BCUT2D eigenvalue weighted by Crippen LogP contribution is 2.77. The Morgan fingerprint density at radius 1 is 0.847 bits per heavy atom. The third kappa shape index (κ3) is 6.96. The van der Waals surface area contributed by atoms with Crippen molar-refractivity contribution in [3.05, 3.63) is 46.5 Å². The van der Waals surface area contributed by atoms with E-state index in [0.29, 0.717) is 48.5 Å². The van der Waals surface area contributed by atoms with Crippen LogP contribution in [0.25, 0.3) is 0 Å². The highest BCUT2D eigenvalue weighted by molar-refractivity contribution is 6.00. The monoisotopic (exact) mass is 813 g/mol. The van der Waals surface area contributed by atoms with Crippen molar-refractivity contribution in [3.8, 4) is 0 Å². The normalized spacial score (nSPS) is 38.4. The minimum Gasteiger partial charge on any atom is -0.481 e. The van der Waals surface area contributed by atoms with Crippen LogP contribution in [0.2, 0.25) is 0 Å². The second kappa shape index (κ2) is 14.8. The number of carboxylic acid groups (broad SMARTS) is 1. The van der Waals surface area contributed by atoms with Gasteiger partial charge in [0.1, 0.15) is 6.10 Å². The third-order valence-corrected chi connectivity index (χ3v) is 18.7. The van der Waals surface area contributed by atoms with E-state index in [4.69, 9.17) is 4.74 Å². The van der Waals surface area contributed by atoms with E-state index in [1.54, 1.807) is 0 Å². The molecule has 0 heterocycles. The predicted octanol–water partition coefficient (Wildman–Crippen LogP) is 10.1. The van der Waals surface area contributed by atoms with Gasteiger partial charge in [-0.1, -0.05) is 85.6 Å². The molecule has 8 nitrogen and oxygen atoms in total. The van der Waals surface area contributed by atoms with E-state index in [0.717, 1.165) is 75.5 Å². The maximum atomic E-state index is 14.2. The lowest BCUT2D eigenvalue weighted by Gasteiger charge is -2.72. The molecule has 7 rings (SSSR count). The van der Waals surface area contributed by atoms with Gasteiger partial charge in [-0.2, -0.15) is 0 Å². The Kier molecular flexibility index (Phi) is 11.1. The van der Waals surface area contributed by atoms with Crippen molar-refractivity contribution in [1.82, 2.24) is 10.6 Å². The van der Waals surface area contributed by atoms with Gasteiger partial charge < -0.3 is 20.5 Å². The van der Waals surface area contributed by atoms with E-state index >= 15 is 0 Å². The summed E-state index contributed by atoms with van der Waals surface area (Å²) in [6.45, 7) is 28.3. The molecule has 0 aliphatic heterocycles. The van der Waals surface area contributed by atoms with E-state index < -0.39 is 22.8 Å². The summed E-state index contributed by atoms with van der Waals surface area (Å²) in [5.74, 6) is -0.0651. The van der Waals surface area contributed by atoms with Gasteiger partial charge in [0, 0.05) is 34.9 Å². The lowest BCUT2D eigenvalue weighted by Crippen LogP contribution is -2.66. The zero-order chi connectivity index (χ0) is 43.3. The summed E-state index contributed by atoms with van der Waals surface area (Å²) in [5, 5.41) is 16.6. The number of rotatable bonds is 11. The fourth-order valence-electron chi connectivity index (χ4n) is 15.1. The summed E-state index contributed by atoms with van der Waals surface area (Å²) in [6.07, 6.45) is 10.3. The van der Waals surface area contributed by atoms with Gasteiger partial charge in [0.15, 0.2) is 5.78 Å². The molecule has 0 saturated heterocycles. The molecular weight excluding hydrogens is 737 g/mol. The number of carbonyl (C=O) groups is 4. The number of benzene rings is 1. The van der Waals surface area contributed by atoms with Gasteiger partial charge in [-0.15, -0.1) is 0 Å². The number of hydrogen-bond acceptors (Lipinski definition) is 6. The van der Waals surface area contributed by atoms with Crippen LogP contribution in [0.5, 0.6) is 0 Å². The van der Waals surface area contributed by atoms with Crippen LogP contribution in [-0.2, 0) is 19.1 Å². The number of aryl methyl sites for hydroxylation is 1. The highest BCUT2D eigenvalue weighted by Gasteiger charge is 2.70. The average Bonchev–Trinajstić information content (AvgIpc) is 3.43. The maximum absolute atomic E-state index is 14.2. The largest absolute Gasteiger partial charge is 0.481 e. The Labute approximate surface area is 355 Å². The molecule has 6 aliphatic rings. The lowest BCUT2D eigenvalue weighted by molar-refractivity contribution is -0.236. The molecular formula is C51H76N2O6. The molecule has 1 aromatic carbocycles. The molecule has 10 atom stereocenters. The number of Topliss-reactive ketones (excluding diaryl/α,β-unsaturated/α-hetero) is 1. The average molecular weight is 813 g/mol. The first-order chi connectivity index (χ1) is 27.3. The number of ketones is 1. The number of hydrogen-bond donors (Lipinski definition) is 3. The van der Waals surface area contributed by atoms with Crippen molar-refractivity contribution >= 4 is 23.6 Å². The molecule has 1 amide bonds. The first-order valence-corrected chi connectivity index (χ1v) is 23.2. The lowest BCUT2D eigenvalue weighted by atomic mass is 9.33. The van der Waals surface area contributed by atoms with Crippen LogP contribution in [0.1, 0.15) is 163 Å². The number of carbonyl (C=O) groups excluding carboxylic acids is 3. The molecule has 0 spiro atoms. The standard InChI is InChI=1S/C51H76N2O6/c1-30(2)40-36(54)28-51(25-26-52-29-45(4,5)53-42(55)32-15-13-31(3)14-16-32)24-23-49(11)33(41(40)51)17-18-38-48(10)21-20-39(47(8,9)37(48)19-22-50(38,49)12)59-44(58)35-27-34(43(56)57)46(35,6)7/h13-16,30,33-35,37-39,52H,17-29H2,1-12H3,(H,53,55)(H,56,57)/t33-,34+,35-,37+,38-,39+,48+,49-,50-,51-/m1/s1. The van der Waals surface area contributed by atoms with E-state index in [1.807, 2.05) is 45.0 Å². The second-order valence-corrected chi connectivity index (χ2v) is 23.4. The highest BCUT2D eigenvalue weighted by atomic mass is 16.5. The van der Waals surface area contributed by atoms with Crippen LogP contribution < -0.4 is 10.6 Å². The van der Waals surface area contributed by atoms with Gasteiger partial charge in [-0.25, -0.2) is 0 Å². The Morgan fingerprint density at radius 2 is 1.53 bits per heavy atom. The summed E-state index contributed by atoms with van der Waals surface area (Å²) in [5.41, 5.74) is 3.39. The van der Waals surface area contributed by atoms with E-state index in [9.17, 15) is 24.3 Å². The Bertz CT molecular complexity index is 1890. The van der Waals surface area contributed by atoms with Gasteiger partial charge in [0.25, 0.3) is 5.91 Å². The molecule has 1 aromatic rings. The first-order valence-electron chi connectivity index (χ1n) is 23.2. The molecule has 59 heavy (non-hydrogen) atoms. The van der Waals surface area contributed by atoms with Gasteiger partial charge in [-0.05, 0) is 155 Å². The van der Waals surface area contributed by atoms with E-state index in [2.05, 4.69) is 72.9 Å². The molecule has 5 saturated carbocycles. The molecule has 0 unspecified atom stereocenters. The van der Waals surface area contributed by atoms with Crippen molar-refractivity contribution in [2.45, 2.75) is 165 Å². The van der Waals surface area contributed by atoms with Crippen LogP contribution >= 0.6 is 0 Å². The number of nitrogens with one attached hydrogen (secondary N) is 2. The third-order valence-electron chi connectivity index (χ3n) is 18.7. The van der Waals surface area contributed by atoms with E-state index in [1.165, 1.54) is 5.57 Å². The van der Waals surface area contributed by atoms with Crippen LogP contribution in [0.15, 0.2) is 35.4 Å². The number of esters is 1. The molecule has 0 radical (unpaired) electrons. The van der Waals surface area contributed by atoms with Gasteiger partial charge in [0.05, 0.1) is 11.8 Å². The summed E-state index contributed by atoms with van der Waals surface area (Å²) >= 11 is 0. The van der Waals surface area contributed by atoms with E-state index in [-0.39, 0.29) is 56.9 Å². The number of amides is 1. The molecule has 3 N–H and O–H groups in total. The smallest absolute Gasteiger partial charge is 0.309 e. The van der Waals surface area contributed by atoms with Gasteiger partial charge >= 0.3 is 11.9 Å². The summed E-state index contributed by atoms with van der Waals surface area (Å²) in [7, 11) is 0. The summed E-state index contributed by atoms with van der Waals surface area (Å²) in [6, 6.07) is 7.70. The van der Waals surface area contributed by atoms with Crippen molar-refractivity contribution in [3.63, 3.8) is 0 Å². The minimum absolute atomic E-state index is 0.0625. The van der Waals surface area contributed by atoms with Gasteiger partial charge in [0.2, 0.25) is 0 Å². The fourth-order valence-corrected chi connectivity index (χ4v) is 15.1. The number of ether oxygens (including phenoxy) is 1. The molecule has 326 valence electrons. The van der Waals surface area contributed by atoms with Crippen LogP contribution in [0, 0.1) is 74.9 Å². The number of aliphatic carboxylic acids is 1. The maximum Gasteiger partial charge on any atom is 0.309 e. The Morgan fingerprint density at radius 3 is 2.15 bits per heavy atom. The minimum atomic E-state index is -0.823.